The van der Waals surface area contributed by atoms with E-state index in [9.17, 15) is 0 Å². The number of nitrogens with one attached hydrogen (secondary N) is 1. The summed E-state index contributed by atoms with van der Waals surface area (Å²) in [5.74, 6) is 0. The minimum atomic E-state index is 0.908. The van der Waals surface area contributed by atoms with E-state index in [2.05, 4.69) is 64.0 Å². The summed E-state index contributed by atoms with van der Waals surface area (Å²) >= 11 is 3.51. The van der Waals surface area contributed by atoms with Crippen LogP contribution in [0.2, 0.25) is 0 Å². The summed E-state index contributed by atoms with van der Waals surface area (Å²) in [6, 6.07) is 10.4. The molecular formula is C15H13BrN2. The molecule has 1 aliphatic rings. The van der Waals surface area contributed by atoms with Gasteiger partial charge in [-0.05, 0) is 47.5 Å². The zero-order valence-corrected chi connectivity index (χ0v) is 11.9. The fraction of sp³-hybridized carbons (Fsp3) is 0.133. The van der Waals surface area contributed by atoms with Crippen molar-refractivity contribution >= 4 is 32.3 Å². The van der Waals surface area contributed by atoms with E-state index in [1.54, 1.807) is 0 Å². The van der Waals surface area contributed by atoms with Gasteiger partial charge in [0.2, 0.25) is 0 Å². The molecule has 0 atom stereocenters. The summed E-state index contributed by atoms with van der Waals surface area (Å²) in [5.41, 5.74) is 6.88. The number of halogens is 1. The molecule has 3 rings (SSSR count). The minimum absolute atomic E-state index is 0.908. The maximum Gasteiger partial charge on any atom is 0.114 e. The van der Waals surface area contributed by atoms with E-state index in [0.717, 1.165) is 21.6 Å². The first-order valence-corrected chi connectivity index (χ1v) is 6.66. The van der Waals surface area contributed by atoms with Crippen LogP contribution in [0.5, 0.6) is 0 Å². The molecule has 1 aliphatic heterocycles. The van der Waals surface area contributed by atoms with Gasteiger partial charge in [-0.15, -0.1) is 0 Å². The third-order valence-electron chi connectivity index (χ3n) is 3.11. The summed E-state index contributed by atoms with van der Waals surface area (Å²) < 4.78 is 0.908. The molecule has 1 aromatic heterocycles. The van der Waals surface area contributed by atoms with Crippen LogP contribution in [0, 0.1) is 13.8 Å². The zero-order chi connectivity index (χ0) is 12.7. The number of rotatable bonds is 1. The maximum atomic E-state index is 4.58. The van der Waals surface area contributed by atoms with Crippen molar-refractivity contribution in [3.8, 4) is 0 Å². The van der Waals surface area contributed by atoms with Crippen molar-refractivity contribution < 1.29 is 0 Å². The molecule has 2 heterocycles. The maximum absolute atomic E-state index is 4.58. The fourth-order valence-corrected chi connectivity index (χ4v) is 2.80. The fourth-order valence-electron chi connectivity index (χ4n) is 2.26. The molecule has 3 heteroatoms. The Morgan fingerprint density at radius 1 is 1.17 bits per heavy atom. The van der Waals surface area contributed by atoms with Crippen LogP contribution >= 0.6 is 15.9 Å². The number of benzene rings is 1. The second kappa shape index (κ2) is 4.25. The third-order valence-corrected chi connectivity index (χ3v) is 3.72. The lowest BCUT2D eigenvalue weighted by Crippen LogP contribution is -1.86. The van der Waals surface area contributed by atoms with Crippen molar-refractivity contribution in [1.82, 2.24) is 4.98 Å². The average Bonchev–Trinajstić information content (AvgIpc) is 2.82. The molecule has 0 unspecified atom stereocenters. The second-order valence-corrected chi connectivity index (χ2v) is 5.28. The number of hydrogen-bond acceptors (Lipinski definition) is 1. The van der Waals surface area contributed by atoms with Gasteiger partial charge in [0.1, 0.15) is 4.62 Å². The Kier molecular flexibility index (Phi) is 2.71. The average molecular weight is 301 g/mol. The highest BCUT2D eigenvalue weighted by Gasteiger charge is 2.17. The number of hydrogen-bond donors (Lipinski definition) is 1. The van der Waals surface area contributed by atoms with E-state index in [-0.39, 0.29) is 0 Å². The van der Waals surface area contributed by atoms with Crippen molar-refractivity contribution in [2.45, 2.75) is 13.8 Å². The molecule has 90 valence electrons. The molecule has 0 bridgehead atoms. The molecule has 0 radical (unpaired) electrons. The standard InChI is InChI=1S/C15H13BrN2/c1-9-7-10(2)17-13(9)8-14-11-5-3-4-6-12(11)15(16)18-14/h3-8,17H,1-2H3/b14-8-. The third kappa shape index (κ3) is 1.85. The Bertz CT molecular complexity index is 678. The molecule has 0 saturated heterocycles. The lowest BCUT2D eigenvalue weighted by Gasteiger charge is -1.99. The highest BCUT2D eigenvalue weighted by Crippen LogP contribution is 2.32. The Morgan fingerprint density at radius 3 is 2.56 bits per heavy atom. The minimum Gasteiger partial charge on any atom is -0.359 e. The van der Waals surface area contributed by atoms with E-state index < -0.39 is 0 Å². The lowest BCUT2D eigenvalue weighted by atomic mass is 10.1. The zero-order valence-electron chi connectivity index (χ0n) is 10.3. The van der Waals surface area contributed by atoms with E-state index in [0.29, 0.717) is 0 Å². The van der Waals surface area contributed by atoms with E-state index in [1.165, 1.54) is 16.8 Å². The van der Waals surface area contributed by atoms with Gasteiger partial charge in [0.25, 0.3) is 0 Å². The number of aryl methyl sites for hydroxylation is 2. The van der Waals surface area contributed by atoms with Crippen LogP contribution in [0.1, 0.15) is 28.1 Å². The monoisotopic (exact) mass is 300 g/mol. The second-order valence-electron chi connectivity index (χ2n) is 4.53. The number of aliphatic imine (C=N–C) groups is 1. The van der Waals surface area contributed by atoms with Crippen molar-refractivity contribution in [3.05, 3.63) is 58.4 Å². The van der Waals surface area contributed by atoms with Crippen LogP contribution in [-0.2, 0) is 0 Å². The molecule has 0 aliphatic carbocycles. The molecule has 0 saturated carbocycles. The largest absolute Gasteiger partial charge is 0.359 e. The van der Waals surface area contributed by atoms with Gasteiger partial charge in [0, 0.05) is 22.5 Å². The predicted octanol–water partition coefficient (Wildman–Crippen LogP) is 4.28. The van der Waals surface area contributed by atoms with E-state index in [1.807, 2.05) is 12.1 Å². The Hall–Kier alpha value is -1.61. The van der Waals surface area contributed by atoms with Gasteiger partial charge in [0.05, 0.1) is 5.70 Å². The summed E-state index contributed by atoms with van der Waals surface area (Å²) in [7, 11) is 0. The molecular weight excluding hydrogens is 288 g/mol. The number of fused-ring (bicyclic) bond motifs is 1. The SMILES string of the molecule is Cc1cc(C)c(/C=C2\N=C(Br)c3ccccc32)[nH]1. The quantitative estimate of drug-likeness (QED) is 0.814. The van der Waals surface area contributed by atoms with Gasteiger partial charge in [-0.25, -0.2) is 4.99 Å². The van der Waals surface area contributed by atoms with Crippen molar-refractivity contribution in [2.24, 2.45) is 4.99 Å². The smallest absolute Gasteiger partial charge is 0.114 e. The summed E-state index contributed by atoms with van der Waals surface area (Å²) in [4.78, 5) is 7.93. The number of aromatic amines is 1. The van der Waals surface area contributed by atoms with Crippen LogP contribution in [0.4, 0.5) is 0 Å². The summed E-state index contributed by atoms with van der Waals surface area (Å²) in [6.45, 7) is 4.17. The van der Waals surface area contributed by atoms with Gasteiger partial charge in [-0.2, -0.15) is 0 Å². The first kappa shape index (κ1) is 11.5. The first-order valence-electron chi connectivity index (χ1n) is 5.87. The van der Waals surface area contributed by atoms with Crippen molar-refractivity contribution in [2.75, 3.05) is 0 Å². The normalized spacial score (nSPS) is 15.9. The van der Waals surface area contributed by atoms with Gasteiger partial charge < -0.3 is 4.98 Å². The molecule has 2 nitrogen and oxygen atoms in total. The summed E-state index contributed by atoms with van der Waals surface area (Å²) in [6.07, 6.45) is 2.11. The molecule has 0 spiro atoms. The Balaban J connectivity index is 2.12. The van der Waals surface area contributed by atoms with Crippen LogP contribution in [0.25, 0.3) is 11.8 Å². The van der Waals surface area contributed by atoms with Crippen molar-refractivity contribution in [1.29, 1.82) is 0 Å². The van der Waals surface area contributed by atoms with Gasteiger partial charge >= 0.3 is 0 Å². The van der Waals surface area contributed by atoms with Crippen LogP contribution in [0.15, 0.2) is 35.3 Å². The topological polar surface area (TPSA) is 28.1 Å². The molecule has 1 N–H and O–H groups in total. The lowest BCUT2D eigenvalue weighted by molar-refractivity contribution is 1.24. The molecule has 18 heavy (non-hydrogen) atoms. The number of aromatic nitrogens is 1. The first-order chi connectivity index (χ1) is 8.65. The van der Waals surface area contributed by atoms with Crippen molar-refractivity contribution in [3.63, 3.8) is 0 Å². The molecule has 0 fully saturated rings. The van der Waals surface area contributed by atoms with E-state index in [4.69, 9.17) is 0 Å². The molecule has 2 aromatic rings. The number of nitrogens with zero attached hydrogens (tertiary/aromatic N) is 1. The molecule has 0 amide bonds. The molecule has 1 aromatic carbocycles. The van der Waals surface area contributed by atoms with Crippen LogP contribution in [0.3, 0.4) is 0 Å². The van der Waals surface area contributed by atoms with Crippen LogP contribution in [-0.4, -0.2) is 9.60 Å². The summed E-state index contributed by atoms with van der Waals surface area (Å²) in [5, 5.41) is 0. The van der Waals surface area contributed by atoms with Gasteiger partial charge in [0.15, 0.2) is 0 Å². The highest BCUT2D eigenvalue weighted by atomic mass is 79.9. The Labute approximate surface area is 115 Å². The highest BCUT2D eigenvalue weighted by molar-refractivity contribution is 9.18. The Morgan fingerprint density at radius 2 is 1.89 bits per heavy atom. The number of H-pyrrole nitrogens is 1. The van der Waals surface area contributed by atoms with Gasteiger partial charge in [-0.1, -0.05) is 24.3 Å². The van der Waals surface area contributed by atoms with E-state index >= 15 is 0 Å². The van der Waals surface area contributed by atoms with Crippen LogP contribution < -0.4 is 0 Å². The predicted molar refractivity (Wildman–Crippen MR) is 80.0 cm³/mol. The van der Waals surface area contributed by atoms with Gasteiger partial charge in [-0.3, -0.25) is 0 Å².